The van der Waals surface area contributed by atoms with Crippen LogP contribution in [0.15, 0.2) is 41.0 Å². The molecule has 5 nitrogen and oxygen atoms in total. The van der Waals surface area contributed by atoms with Crippen molar-refractivity contribution in [3.63, 3.8) is 0 Å². The molecule has 6 heteroatoms. The monoisotopic (exact) mass is 378 g/mol. The molecular formula is C17H19BrN2O3. The van der Waals surface area contributed by atoms with Crippen LogP contribution in [0.2, 0.25) is 0 Å². The van der Waals surface area contributed by atoms with Gasteiger partial charge < -0.3 is 15.0 Å². The first-order valence-corrected chi connectivity index (χ1v) is 8.11. The number of carboxylic acids is 1. The van der Waals surface area contributed by atoms with Gasteiger partial charge in [-0.25, -0.2) is 4.79 Å². The smallest absolute Gasteiger partial charge is 0.335 e. The second kappa shape index (κ2) is 7.46. The highest BCUT2D eigenvalue weighted by atomic mass is 79.9. The van der Waals surface area contributed by atoms with Crippen molar-refractivity contribution in [2.75, 3.05) is 0 Å². The molecule has 0 aliphatic heterocycles. The topological polar surface area (TPSA) is 71.3 Å². The van der Waals surface area contributed by atoms with Gasteiger partial charge >= 0.3 is 5.97 Å². The molecule has 0 fully saturated rings. The van der Waals surface area contributed by atoms with Gasteiger partial charge in [-0.05, 0) is 50.1 Å². The molecule has 23 heavy (non-hydrogen) atoms. The highest BCUT2D eigenvalue weighted by molar-refractivity contribution is 9.10. The van der Waals surface area contributed by atoms with Crippen LogP contribution in [-0.2, 0) is 13.5 Å². The van der Waals surface area contributed by atoms with E-state index in [2.05, 4.69) is 31.9 Å². The fourth-order valence-electron chi connectivity index (χ4n) is 2.34. The minimum Gasteiger partial charge on any atom is -0.478 e. The number of amides is 1. The summed E-state index contributed by atoms with van der Waals surface area (Å²) in [6.45, 7) is 1.94. The third kappa shape index (κ3) is 4.69. The zero-order valence-corrected chi connectivity index (χ0v) is 14.6. The molecule has 2 N–H and O–H groups in total. The molecule has 1 atom stereocenters. The normalized spacial score (nSPS) is 12.0. The summed E-state index contributed by atoms with van der Waals surface area (Å²) in [6.07, 6.45) is 3.67. The maximum absolute atomic E-state index is 12.3. The molecule has 1 aromatic heterocycles. The van der Waals surface area contributed by atoms with E-state index in [1.165, 1.54) is 17.8 Å². The summed E-state index contributed by atoms with van der Waals surface area (Å²) in [6, 6.07) is 8.51. The molecule has 2 rings (SSSR count). The number of carbonyl (C=O) groups excluding carboxylic acids is 1. The predicted octanol–water partition coefficient (Wildman–Crippen LogP) is 3.24. The molecule has 0 saturated carbocycles. The van der Waals surface area contributed by atoms with Crippen molar-refractivity contribution in [2.45, 2.75) is 25.8 Å². The summed E-state index contributed by atoms with van der Waals surface area (Å²) < 4.78 is 2.63. The Kier molecular flexibility index (Phi) is 5.60. The Morgan fingerprint density at radius 3 is 2.61 bits per heavy atom. The highest BCUT2D eigenvalue weighted by Crippen LogP contribution is 2.16. The van der Waals surface area contributed by atoms with Gasteiger partial charge in [-0.3, -0.25) is 4.79 Å². The Morgan fingerprint density at radius 1 is 1.30 bits per heavy atom. The average Bonchev–Trinajstić information content (AvgIpc) is 2.89. The van der Waals surface area contributed by atoms with E-state index >= 15 is 0 Å². The standard InChI is InChI=1S/C17H19BrN2O3/c1-11(5-6-15-4-3-7-20(15)2)19-16(21)12-8-13(17(22)23)10-14(18)9-12/h3-4,7-11H,5-6H2,1-2H3,(H,19,21)(H,22,23). The molecule has 0 aliphatic carbocycles. The number of rotatable bonds is 6. The van der Waals surface area contributed by atoms with Crippen LogP contribution in [0.4, 0.5) is 0 Å². The molecule has 1 amide bonds. The third-order valence-electron chi connectivity index (χ3n) is 3.67. The minimum absolute atomic E-state index is 0.00957. The SMILES string of the molecule is CC(CCc1cccn1C)NC(=O)c1cc(Br)cc(C(=O)O)c1. The van der Waals surface area contributed by atoms with Crippen molar-refractivity contribution in [2.24, 2.45) is 7.05 Å². The van der Waals surface area contributed by atoms with Crippen molar-refractivity contribution in [3.8, 4) is 0 Å². The lowest BCUT2D eigenvalue weighted by molar-refractivity contribution is 0.0697. The minimum atomic E-state index is -1.06. The Hall–Kier alpha value is -2.08. The van der Waals surface area contributed by atoms with Crippen molar-refractivity contribution in [3.05, 3.63) is 57.8 Å². The third-order valence-corrected chi connectivity index (χ3v) is 4.13. The van der Waals surface area contributed by atoms with Gasteiger partial charge in [0, 0.05) is 35.0 Å². The van der Waals surface area contributed by atoms with Crippen molar-refractivity contribution >= 4 is 27.8 Å². The van der Waals surface area contributed by atoms with E-state index in [0.29, 0.717) is 10.0 Å². The van der Waals surface area contributed by atoms with E-state index in [-0.39, 0.29) is 17.5 Å². The number of nitrogens with one attached hydrogen (secondary N) is 1. The lowest BCUT2D eigenvalue weighted by Crippen LogP contribution is -2.33. The van der Waals surface area contributed by atoms with Crippen LogP contribution in [0.3, 0.4) is 0 Å². The number of carboxylic acid groups (broad SMARTS) is 1. The summed E-state index contributed by atoms with van der Waals surface area (Å²) in [5.74, 6) is -1.33. The first-order chi connectivity index (χ1) is 10.9. The van der Waals surface area contributed by atoms with E-state index in [4.69, 9.17) is 5.11 Å². The van der Waals surface area contributed by atoms with Crippen LogP contribution >= 0.6 is 15.9 Å². The lowest BCUT2D eigenvalue weighted by Gasteiger charge is -2.14. The van der Waals surface area contributed by atoms with Gasteiger partial charge in [0.2, 0.25) is 0 Å². The number of aromatic nitrogens is 1. The van der Waals surface area contributed by atoms with Gasteiger partial charge in [0.1, 0.15) is 0 Å². The van der Waals surface area contributed by atoms with Crippen LogP contribution in [-0.4, -0.2) is 27.6 Å². The molecule has 0 radical (unpaired) electrons. The molecule has 0 saturated heterocycles. The average molecular weight is 379 g/mol. The molecule has 2 aromatic rings. The first kappa shape index (κ1) is 17.3. The maximum Gasteiger partial charge on any atom is 0.335 e. The van der Waals surface area contributed by atoms with Crippen LogP contribution in [0.5, 0.6) is 0 Å². The zero-order valence-electron chi connectivity index (χ0n) is 13.0. The van der Waals surface area contributed by atoms with Crippen molar-refractivity contribution in [1.82, 2.24) is 9.88 Å². The number of aromatic carboxylic acids is 1. The van der Waals surface area contributed by atoms with Gasteiger partial charge in [-0.15, -0.1) is 0 Å². The Balaban J connectivity index is 1.98. The van der Waals surface area contributed by atoms with Gasteiger partial charge in [0.05, 0.1) is 5.56 Å². The molecule has 0 aliphatic rings. The van der Waals surface area contributed by atoms with Gasteiger partial charge in [-0.2, -0.15) is 0 Å². The quantitative estimate of drug-likeness (QED) is 0.810. The maximum atomic E-state index is 12.3. The Labute approximate surface area is 143 Å². The van der Waals surface area contributed by atoms with Gasteiger partial charge in [0.15, 0.2) is 0 Å². The summed E-state index contributed by atoms with van der Waals surface area (Å²) in [5, 5.41) is 12.0. The number of hydrogen-bond acceptors (Lipinski definition) is 2. The second-order valence-corrected chi connectivity index (χ2v) is 6.47. The summed E-state index contributed by atoms with van der Waals surface area (Å²) in [7, 11) is 1.99. The lowest BCUT2D eigenvalue weighted by atomic mass is 10.1. The highest BCUT2D eigenvalue weighted by Gasteiger charge is 2.14. The first-order valence-electron chi connectivity index (χ1n) is 7.32. The molecule has 0 bridgehead atoms. The number of nitrogens with zero attached hydrogens (tertiary/aromatic N) is 1. The number of aryl methyl sites for hydroxylation is 2. The molecule has 1 heterocycles. The summed E-state index contributed by atoms with van der Waals surface area (Å²) >= 11 is 3.23. The number of hydrogen-bond donors (Lipinski definition) is 2. The zero-order chi connectivity index (χ0) is 17.0. The fourth-order valence-corrected chi connectivity index (χ4v) is 2.84. The van der Waals surface area contributed by atoms with E-state index in [1.807, 2.05) is 26.2 Å². The van der Waals surface area contributed by atoms with E-state index in [9.17, 15) is 9.59 Å². The van der Waals surface area contributed by atoms with Crippen molar-refractivity contribution < 1.29 is 14.7 Å². The Bertz CT molecular complexity index is 724. The van der Waals surface area contributed by atoms with Crippen LogP contribution in [0, 0.1) is 0 Å². The van der Waals surface area contributed by atoms with E-state index < -0.39 is 5.97 Å². The fraction of sp³-hybridized carbons (Fsp3) is 0.294. The van der Waals surface area contributed by atoms with Gasteiger partial charge in [-0.1, -0.05) is 15.9 Å². The van der Waals surface area contributed by atoms with Crippen LogP contribution in [0.25, 0.3) is 0 Å². The predicted molar refractivity (Wildman–Crippen MR) is 91.8 cm³/mol. The second-order valence-electron chi connectivity index (χ2n) is 5.56. The molecule has 1 aromatic carbocycles. The summed E-state index contributed by atoms with van der Waals surface area (Å²) in [5.41, 5.74) is 1.63. The molecule has 1 unspecified atom stereocenters. The molecule has 122 valence electrons. The Morgan fingerprint density at radius 2 is 2.00 bits per heavy atom. The molecular weight excluding hydrogens is 360 g/mol. The van der Waals surface area contributed by atoms with E-state index in [0.717, 1.165) is 12.8 Å². The van der Waals surface area contributed by atoms with E-state index in [1.54, 1.807) is 6.07 Å². The van der Waals surface area contributed by atoms with Crippen LogP contribution < -0.4 is 5.32 Å². The molecule has 0 spiro atoms. The number of benzene rings is 1. The van der Waals surface area contributed by atoms with Crippen LogP contribution in [0.1, 0.15) is 39.8 Å². The number of halogens is 1. The largest absolute Gasteiger partial charge is 0.478 e. The van der Waals surface area contributed by atoms with Crippen molar-refractivity contribution in [1.29, 1.82) is 0 Å². The van der Waals surface area contributed by atoms with Gasteiger partial charge in [0.25, 0.3) is 5.91 Å². The number of carbonyl (C=O) groups is 2. The summed E-state index contributed by atoms with van der Waals surface area (Å²) in [4.78, 5) is 23.3.